The van der Waals surface area contributed by atoms with Gasteiger partial charge in [-0.1, -0.05) is 42.8 Å². The lowest BCUT2D eigenvalue weighted by atomic mass is 9.86. The van der Waals surface area contributed by atoms with Crippen molar-refractivity contribution >= 4 is 28.8 Å². The van der Waals surface area contributed by atoms with E-state index in [1.54, 1.807) is 17.6 Å². The molecule has 35 heavy (non-hydrogen) atoms. The highest BCUT2D eigenvalue weighted by Crippen LogP contribution is 2.39. The molecule has 2 aliphatic rings. The maximum atomic E-state index is 13.5. The summed E-state index contributed by atoms with van der Waals surface area (Å²) in [4.78, 5) is 35.5. The molecule has 2 aliphatic heterocycles. The maximum absolute atomic E-state index is 13.5. The van der Waals surface area contributed by atoms with Crippen LogP contribution in [0.1, 0.15) is 41.2 Å². The summed E-state index contributed by atoms with van der Waals surface area (Å²) in [6.07, 6.45) is 1.94. The molecule has 7 nitrogen and oxygen atoms in total. The number of hydrogen-bond acceptors (Lipinski definition) is 6. The molecule has 2 aromatic carbocycles. The van der Waals surface area contributed by atoms with Crippen molar-refractivity contribution in [2.45, 2.75) is 39.0 Å². The number of rotatable bonds is 3. The van der Waals surface area contributed by atoms with Crippen LogP contribution in [0.5, 0.6) is 0 Å². The largest absolute Gasteiger partial charge is 0.458 e. The maximum Gasteiger partial charge on any atom is 0.343 e. The van der Waals surface area contributed by atoms with Crippen LogP contribution in [0.3, 0.4) is 0 Å². The Morgan fingerprint density at radius 2 is 1.91 bits per heavy atom. The van der Waals surface area contributed by atoms with Gasteiger partial charge in [0.05, 0.1) is 34.7 Å². The van der Waals surface area contributed by atoms with Gasteiger partial charge in [0, 0.05) is 28.3 Å². The zero-order valence-corrected chi connectivity index (χ0v) is 19.4. The number of aliphatic hydroxyl groups is 1. The molecule has 0 spiro atoms. The molecule has 0 unspecified atom stereocenters. The lowest BCUT2D eigenvalue weighted by Gasteiger charge is -2.31. The van der Waals surface area contributed by atoms with E-state index in [0.29, 0.717) is 29.1 Å². The van der Waals surface area contributed by atoms with Crippen molar-refractivity contribution in [3.05, 3.63) is 92.8 Å². The van der Waals surface area contributed by atoms with Crippen molar-refractivity contribution in [1.29, 1.82) is 0 Å². The topological polar surface area (TPSA) is 93.8 Å². The minimum Gasteiger partial charge on any atom is -0.458 e. The number of carbonyl (C=O) groups is 1. The van der Waals surface area contributed by atoms with Gasteiger partial charge in [-0.2, -0.15) is 0 Å². The van der Waals surface area contributed by atoms with Crippen molar-refractivity contribution in [3.8, 4) is 11.4 Å². The van der Waals surface area contributed by atoms with Crippen molar-refractivity contribution in [1.82, 2.24) is 9.55 Å². The number of para-hydroxylation sites is 1. The summed E-state index contributed by atoms with van der Waals surface area (Å²) in [7, 11) is 0. The highest BCUT2D eigenvalue weighted by atomic mass is 16.6. The summed E-state index contributed by atoms with van der Waals surface area (Å²) in [5.74, 6) is -0.729. The summed E-state index contributed by atoms with van der Waals surface area (Å²) < 4.78 is 6.82. The van der Waals surface area contributed by atoms with Crippen LogP contribution in [-0.4, -0.2) is 26.8 Å². The molecule has 4 aromatic rings. The molecule has 0 aliphatic carbocycles. The minimum atomic E-state index is -1.85. The summed E-state index contributed by atoms with van der Waals surface area (Å²) in [6.45, 7) is 3.90. The second-order valence-electron chi connectivity index (χ2n) is 9.07. The zero-order chi connectivity index (χ0) is 24.3. The molecule has 1 atom stereocenters. The van der Waals surface area contributed by atoms with E-state index in [0.717, 1.165) is 33.3 Å². The van der Waals surface area contributed by atoms with Gasteiger partial charge in [-0.3, -0.25) is 9.79 Å². The Morgan fingerprint density at radius 3 is 2.69 bits per heavy atom. The van der Waals surface area contributed by atoms with Gasteiger partial charge in [0.15, 0.2) is 5.60 Å². The first-order valence-electron chi connectivity index (χ1n) is 11.6. The third kappa shape index (κ3) is 3.15. The Kier molecular flexibility index (Phi) is 4.72. The number of fused-ring (bicyclic) bond motifs is 5. The third-order valence-electron chi connectivity index (χ3n) is 7.02. The SMILES string of the molecule is CC[C@@]1(O)C(=O)OCc2c1cc1n(c2=O)Cc2c-1nc1ccccc1c2C=Nc1ccc(C)cc1. The lowest BCUT2D eigenvalue weighted by molar-refractivity contribution is -0.172. The monoisotopic (exact) mass is 465 g/mol. The van der Waals surface area contributed by atoms with Crippen LogP contribution >= 0.6 is 0 Å². The van der Waals surface area contributed by atoms with Crippen molar-refractivity contribution in [3.63, 3.8) is 0 Å². The van der Waals surface area contributed by atoms with E-state index in [1.807, 2.05) is 61.7 Å². The molecule has 1 N–H and O–H groups in total. The lowest BCUT2D eigenvalue weighted by Crippen LogP contribution is -2.44. The van der Waals surface area contributed by atoms with Gasteiger partial charge >= 0.3 is 5.97 Å². The fourth-order valence-corrected chi connectivity index (χ4v) is 4.98. The predicted octanol–water partition coefficient (Wildman–Crippen LogP) is 4.14. The number of hydrogen-bond donors (Lipinski definition) is 1. The second-order valence-corrected chi connectivity index (χ2v) is 9.07. The number of aromatic nitrogens is 2. The van der Waals surface area contributed by atoms with Crippen LogP contribution in [0.15, 0.2) is 64.4 Å². The van der Waals surface area contributed by atoms with E-state index in [9.17, 15) is 14.7 Å². The summed E-state index contributed by atoms with van der Waals surface area (Å²) in [5, 5.41) is 12.0. The first-order chi connectivity index (χ1) is 16.9. The van der Waals surface area contributed by atoms with Gasteiger partial charge in [-0.05, 0) is 37.6 Å². The Morgan fingerprint density at radius 1 is 1.14 bits per heavy atom. The quantitative estimate of drug-likeness (QED) is 0.319. The van der Waals surface area contributed by atoms with Crippen LogP contribution < -0.4 is 5.56 Å². The number of benzene rings is 2. The van der Waals surface area contributed by atoms with E-state index in [2.05, 4.69) is 0 Å². The van der Waals surface area contributed by atoms with Crippen molar-refractivity contribution < 1.29 is 14.6 Å². The number of pyridine rings is 2. The van der Waals surface area contributed by atoms with Gasteiger partial charge < -0.3 is 14.4 Å². The normalized spacial score (nSPS) is 18.4. The molecule has 2 aromatic heterocycles. The Hall–Kier alpha value is -4.10. The summed E-state index contributed by atoms with van der Waals surface area (Å²) in [5.41, 5.74) is 4.28. The predicted molar refractivity (Wildman–Crippen MR) is 133 cm³/mol. The van der Waals surface area contributed by atoms with Crippen LogP contribution in [0.4, 0.5) is 5.69 Å². The molecule has 0 bridgehead atoms. The average Bonchev–Trinajstić information content (AvgIpc) is 3.24. The smallest absolute Gasteiger partial charge is 0.343 e. The van der Waals surface area contributed by atoms with Gasteiger partial charge in [-0.25, -0.2) is 9.78 Å². The average molecular weight is 466 g/mol. The Bertz CT molecular complexity index is 1620. The Labute approximate surface area is 201 Å². The number of nitrogens with zero attached hydrogens (tertiary/aromatic N) is 3. The molecule has 0 amide bonds. The number of ether oxygens (including phenoxy) is 1. The minimum absolute atomic E-state index is 0.105. The van der Waals surface area contributed by atoms with Crippen LogP contribution in [0.25, 0.3) is 22.3 Å². The fourth-order valence-electron chi connectivity index (χ4n) is 4.98. The third-order valence-corrected chi connectivity index (χ3v) is 7.02. The molecule has 0 saturated carbocycles. The summed E-state index contributed by atoms with van der Waals surface area (Å²) >= 11 is 0. The molecule has 0 fully saturated rings. The molecule has 0 radical (unpaired) electrons. The number of carbonyl (C=O) groups excluding carboxylic acids is 1. The fraction of sp³-hybridized carbons (Fsp3) is 0.214. The number of aryl methyl sites for hydroxylation is 1. The molecular weight excluding hydrogens is 442 g/mol. The zero-order valence-electron chi connectivity index (χ0n) is 19.4. The van der Waals surface area contributed by atoms with E-state index >= 15 is 0 Å². The summed E-state index contributed by atoms with van der Waals surface area (Å²) in [6, 6.07) is 17.5. The van der Waals surface area contributed by atoms with Crippen LogP contribution in [-0.2, 0) is 28.3 Å². The van der Waals surface area contributed by atoms with Crippen LogP contribution in [0.2, 0.25) is 0 Å². The number of esters is 1. The molecular formula is C28H23N3O4. The van der Waals surface area contributed by atoms with Crippen LogP contribution in [0, 0.1) is 6.92 Å². The van der Waals surface area contributed by atoms with Gasteiger partial charge in [0.1, 0.15) is 6.61 Å². The second kappa shape index (κ2) is 7.71. The standard InChI is InChI=1S/C28H23N3O4/c1-3-28(34)22-12-24-25-20(14-31(24)26(32)21(22)15-35-27(28)33)19(18-6-4-5-7-23(18)30-25)13-29-17-10-8-16(2)9-11-17/h4-13,34H,3,14-15H2,1-2H3/t28-/m0/s1. The number of cyclic esters (lactones) is 1. The highest BCUT2D eigenvalue weighted by molar-refractivity contribution is 6.03. The van der Waals surface area contributed by atoms with Crippen molar-refractivity contribution in [2.24, 2.45) is 4.99 Å². The molecule has 6 rings (SSSR count). The van der Waals surface area contributed by atoms with E-state index in [1.165, 1.54) is 0 Å². The van der Waals surface area contributed by atoms with E-state index in [4.69, 9.17) is 14.7 Å². The molecule has 7 heteroatoms. The molecule has 174 valence electrons. The van der Waals surface area contributed by atoms with E-state index in [-0.39, 0.29) is 18.6 Å². The first-order valence-corrected chi connectivity index (χ1v) is 11.6. The van der Waals surface area contributed by atoms with Gasteiger partial charge in [0.25, 0.3) is 5.56 Å². The Balaban J connectivity index is 1.59. The van der Waals surface area contributed by atoms with Crippen molar-refractivity contribution in [2.75, 3.05) is 0 Å². The van der Waals surface area contributed by atoms with Gasteiger partial charge in [0.2, 0.25) is 0 Å². The highest BCUT2D eigenvalue weighted by Gasteiger charge is 2.45. The number of aliphatic imine (C=N–C) groups is 1. The first kappa shape index (κ1) is 21.4. The molecule has 0 saturated heterocycles. The molecule has 4 heterocycles. The van der Waals surface area contributed by atoms with E-state index < -0.39 is 11.6 Å². The van der Waals surface area contributed by atoms with Gasteiger partial charge in [-0.15, -0.1) is 0 Å².